The van der Waals surface area contributed by atoms with Gasteiger partial charge in [-0.3, -0.25) is 4.79 Å². The maximum atomic E-state index is 12.9. The summed E-state index contributed by atoms with van der Waals surface area (Å²) in [6.07, 6.45) is 3.48. The number of hydrogen-bond acceptors (Lipinski definition) is 5. The van der Waals surface area contributed by atoms with Gasteiger partial charge in [-0.2, -0.15) is 0 Å². The molecule has 10 heteroatoms. The minimum Gasteiger partial charge on any atom is -0.497 e. The first-order valence-corrected chi connectivity index (χ1v) is 11.5. The lowest BCUT2D eigenvalue weighted by molar-refractivity contribution is 0.102. The topological polar surface area (TPSA) is 93.7 Å². The van der Waals surface area contributed by atoms with Crippen molar-refractivity contribution in [2.45, 2.75) is 36.6 Å². The molecule has 2 aromatic carbocycles. The van der Waals surface area contributed by atoms with Crippen molar-refractivity contribution in [1.82, 2.24) is 4.72 Å². The number of amides is 1. The Kier molecular flexibility index (Phi) is 7.13. The normalized spacial score (nSPS) is 14.5. The molecule has 0 aliphatic heterocycles. The molecule has 2 N–H and O–H groups in total. The van der Waals surface area contributed by atoms with Gasteiger partial charge < -0.3 is 14.8 Å². The summed E-state index contributed by atoms with van der Waals surface area (Å²) in [5.41, 5.74) is 0.319. The minimum absolute atomic E-state index is 0.0270. The Morgan fingerprint density at radius 3 is 2.37 bits per heavy atom. The number of hydrogen-bond donors (Lipinski definition) is 2. The van der Waals surface area contributed by atoms with Crippen molar-refractivity contribution >= 4 is 44.8 Å². The molecule has 0 saturated heterocycles. The highest BCUT2D eigenvalue weighted by Crippen LogP contribution is 2.33. The number of carbonyl (C=O) groups excluding carboxylic acids is 1. The molecule has 1 fully saturated rings. The number of nitrogens with one attached hydrogen (secondary N) is 2. The molecule has 1 aliphatic carbocycles. The van der Waals surface area contributed by atoms with Crippen LogP contribution < -0.4 is 19.5 Å². The standard InChI is InChI=1S/C20H22Cl2N2O5S/c1-28-13-7-8-18(29-2)17(9-13)23-20(25)14-10-19(16(22)11-15(14)21)30(26,27)24-12-5-3-4-6-12/h7-12,24H,3-6H2,1-2H3,(H,23,25). The fourth-order valence-electron chi connectivity index (χ4n) is 3.34. The summed E-state index contributed by atoms with van der Waals surface area (Å²) in [6, 6.07) is 7.20. The average molecular weight is 473 g/mol. The molecule has 0 unspecified atom stereocenters. The lowest BCUT2D eigenvalue weighted by atomic mass is 10.2. The number of rotatable bonds is 7. The summed E-state index contributed by atoms with van der Waals surface area (Å²) in [7, 11) is -0.946. The second-order valence-electron chi connectivity index (χ2n) is 6.89. The molecular formula is C20H22Cl2N2O5S. The fraction of sp³-hybridized carbons (Fsp3) is 0.350. The lowest BCUT2D eigenvalue weighted by Crippen LogP contribution is -2.33. The van der Waals surface area contributed by atoms with Gasteiger partial charge in [0.25, 0.3) is 5.91 Å². The van der Waals surface area contributed by atoms with Crippen molar-refractivity contribution < 1.29 is 22.7 Å². The number of halogens is 2. The number of methoxy groups -OCH3 is 2. The van der Waals surface area contributed by atoms with Crippen LogP contribution in [0.3, 0.4) is 0 Å². The molecular weight excluding hydrogens is 451 g/mol. The highest BCUT2D eigenvalue weighted by atomic mass is 35.5. The number of ether oxygens (including phenoxy) is 2. The van der Waals surface area contributed by atoms with Crippen molar-refractivity contribution in [3.8, 4) is 11.5 Å². The number of carbonyl (C=O) groups is 1. The van der Waals surface area contributed by atoms with Gasteiger partial charge in [-0.05, 0) is 37.1 Å². The molecule has 0 bridgehead atoms. The highest BCUT2D eigenvalue weighted by Gasteiger charge is 2.27. The van der Waals surface area contributed by atoms with E-state index in [4.69, 9.17) is 32.7 Å². The molecule has 0 heterocycles. The van der Waals surface area contributed by atoms with Crippen molar-refractivity contribution in [3.05, 3.63) is 45.9 Å². The third-order valence-electron chi connectivity index (χ3n) is 4.89. The Balaban J connectivity index is 1.92. The first-order valence-electron chi connectivity index (χ1n) is 9.30. The van der Waals surface area contributed by atoms with Crippen LogP contribution in [0.5, 0.6) is 11.5 Å². The van der Waals surface area contributed by atoms with E-state index >= 15 is 0 Å². The maximum Gasteiger partial charge on any atom is 0.257 e. The van der Waals surface area contributed by atoms with Crippen LogP contribution in [-0.2, 0) is 10.0 Å². The number of sulfonamides is 1. The first kappa shape index (κ1) is 22.7. The molecule has 30 heavy (non-hydrogen) atoms. The number of benzene rings is 2. The molecule has 2 aromatic rings. The van der Waals surface area contributed by atoms with Crippen LogP contribution in [0.1, 0.15) is 36.0 Å². The van der Waals surface area contributed by atoms with Crippen molar-refractivity contribution in [1.29, 1.82) is 0 Å². The van der Waals surface area contributed by atoms with Crippen molar-refractivity contribution in [3.63, 3.8) is 0 Å². The molecule has 1 aliphatic rings. The summed E-state index contributed by atoms with van der Waals surface area (Å²) in [6.45, 7) is 0. The van der Waals surface area contributed by atoms with Crippen molar-refractivity contribution in [2.24, 2.45) is 0 Å². The monoisotopic (exact) mass is 472 g/mol. The predicted molar refractivity (Wildman–Crippen MR) is 117 cm³/mol. The van der Waals surface area contributed by atoms with E-state index in [1.54, 1.807) is 18.2 Å². The van der Waals surface area contributed by atoms with E-state index in [9.17, 15) is 13.2 Å². The second kappa shape index (κ2) is 9.43. The molecule has 3 rings (SSSR count). The summed E-state index contributed by atoms with van der Waals surface area (Å²) >= 11 is 12.4. The van der Waals surface area contributed by atoms with Gasteiger partial charge in [0.15, 0.2) is 0 Å². The Morgan fingerprint density at radius 2 is 1.73 bits per heavy atom. The zero-order valence-corrected chi connectivity index (χ0v) is 18.8. The van der Waals surface area contributed by atoms with Crippen LogP contribution in [0.25, 0.3) is 0 Å². The average Bonchev–Trinajstić information content (AvgIpc) is 3.19. The Bertz CT molecular complexity index is 1050. The molecule has 162 valence electrons. The molecule has 1 saturated carbocycles. The van der Waals surface area contributed by atoms with Crippen LogP contribution in [0.4, 0.5) is 5.69 Å². The molecule has 0 aromatic heterocycles. The highest BCUT2D eigenvalue weighted by molar-refractivity contribution is 7.89. The molecule has 0 spiro atoms. The van der Waals surface area contributed by atoms with Gasteiger partial charge in [-0.15, -0.1) is 0 Å². The quantitative estimate of drug-likeness (QED) is 0.619. The smallest absolute Gasteiger partial charge is 0.257 e. The van der Waals surface area contributed by atoms with Crippen molar-refractivity contribution in [2.75, 3.05) is 19.5 Å². The zero-order chi connectivity index (χ0) is 21.9. The summed E-state index contributed by atoms with van der Waals surface area (Å²) in [4.78, 5) is 12.7. The van der Waals surface area contributed by atoms with E-state index in [-0.39, 0.29) is 26.5 Å². The largest absolute Gasteiger partial charge is 0.497 e. The summed E-state index contributed by atoms with van der Waals surface area (Å²) in [5.74, 6) is 0.308. The molecule has 1 amide bonds. The Hall–Kier alpha value is -2.00. The zero-order valence-electron chi connectivity index (χ0n) is 16.5. The first-order chi connectivity index (χ1) is 14.2. The van der Waals surface area contributed by atoms with Gasteiger partial charge in [0.05, 0.1) is 35.5 Å². The van der Waals surface area contributed by atoms with E-state index in [0.29, 0.717) is 17.2 Å². The third-order valence-corrected chi connectivity index (χ3v) is 7.19. The van der Waals surface area contributed by atoms with Gasteiger partial charge in [0, 0.05) is 12.1 Å². The van der Waals surface area contributed by atoms with Gasteiger partial charge in [-0.25, -0.2) is 13.1 Å². The maximum absolute atomic E-state index is 12.9. The van der Waals surface area contributed by atoms with Crippen LogP contribution in [0.2, 0.25) is 10.0 Å². The summed E-state index contributed by atoms with van der Waals surface area (Å²) < 4.78 is 38.7. The van der Waals surface area contributed by atoms with E-state index in [0.717, 1.165) is 25.7 Å². The Labute approximate surface area is 185 Å². The van der Waals surface area contributed by atoms with E-state index in [1.807, 2.05) is 0 Å². The SMILES string of the molecule is COc1ccc(OC)c(NC(=O)c2cc(S(=O)(=O)NC3CCCC3)c(Cl)cc2Cl)c1. The second-order valence-corrected chi connectivity index (χ2v) is 9.38. The summed E-state index contributed by atoms with van der Waals surface area (Å²) in [5, 5.41) is 2.65. The van der Waals surface area contributed by atoms with Gasteiger partial charge >= 0.3 is 0 Å². The van der Waals surface area contributed by atoms with Crippen LogP contribution in [0, 0.1) is 0 Å². The van der Waals surface area contributed by atoms with Gasteiger partial charge in [0.1, 0.15) is 16.4 Å². The fourth-order valence-corrected chi connectivity index (χ4v) is 5.50. The predicted octanol–water partition coefficient (Wildman–Crippen LogP) is 4.48. The Morgan fingerprint density at radius 1 is 1.03 bits per heavy atom. The van der Waals surface area contributed by atoms with E-state index < -0.39 is 15.9 Å². The molecule has 0 radical (unpaired) electrons. The molecule has 7 nitrogen and oxygen atoms in total. The number of anilines is 1. The van der Waals surface area contributed by atoms with Crippen LogP contribution in [0.15, 0.2) is 35.2 Å². The van der Waals surface area contributed by atoms with Crippen LogP contribution in [-0.4, -0.2) is 34.6 Å². The van der Waals surface area contributed by atoms with E-state index in [2.05, 4.69) is 10.0 Å². The third kappa shape index (κ3) is 5.00. The van der Waals surface area contributed by atoms with E-state index in [1.165, 1.54) is 26.4 Å². The minimum atomic E-state index is -3.91. The lowest BCUT2D eigenvalue weighted by Gasteiger charge is -2.16. The van der Waals surface area contributed by atoms with Crippen LogP contribution >= 0.6 is 23.2 Å². The van der Waals surface area contributed by atoms with Gasteiger partial charge in [-0.1, -0.05) is 36.0 Å². The molecule has 0 atom stereocenters. The van der Waals surface area contributed by atoms with Gasteiger partial charge in [0.2, 0.25) is 10.0 Å².